The van der Waals surface area contributed by atoms with Crippen LogP contribution in [-0.4, -0.2) is 58.5 Å². The molecule has 1 N–H and O–H groups in total. The minimum atomic E-state index is -0.580. The van der Waals surface area contributed by atoms with Crippen LogP contribution in [0.4, 0.5) is 0 Å². The lowest BCUT2D eigenvalue weighted by molar-refractivity contribution is 0.0113. The van der Waals surface area contributed by atoms with E-state index in [0.29, 0.717) is 25.1 Å². The molecule has 1 fully saturated rings. The maximum atomic E-state index is 12.2. The molecule has 0 bridgehead atoms. The summed E-state index contributed by atoms with van der Waals surface area (Å²) in [5, 5.41) is 12.6. The molecular weight excluding hydrogens is 278 g/mol. The van der Waals surface area contributed by atoms with Crippen LogP contribution in [0, 0.1) is 0 Å². The first-order valence-electron chi connectivity index (χ1n) is 6.65. The van der Waals surface area contributed by atoms with Crippen molar-refractivity contribution in [3.8, 4) is 0 Å². The summed E-state index contributed by atoms with van der Waals surface area (Å²) in [6.45, 7) is 3.89. The fourth-order valence-electron chi connectivity index (χ4n) is 2.39. The molecular formula is C13H17N3O3S. The summed E-state index contributed by atoms with van der Waals surface area (Å²) in [5.74, 6) is 0. The van der Waals surface area contributed by atoms with Crippen LogP contribution in [0.15, 0.2) is 22.6 Å². The van der Waals surface area contributed by atoms with Crippen LogP contribution >= 0.6 is 11.3 Å². The van der Waals surface area contributed by atoms with Gasteiger partial charge in [0.25, 0.3) is 5.56 Å². The van der Waals surface area contributed by atoms with Gasteiger partial charge in [-0.05, 0) is 11.4 Å². The minimum absolute atomic E-state index is 0.0859. The van der Waals surface area contributed by atoms with Gasteiger partial charge in [-0.15, -0.1) is 11.3 Å². The third kappa shape index (κ3) is 2.90. The van der Waals surface area contributed by atoms with E-state index in [1.165, 1.54) is 22.2 Å². The number of β-amino-alcohol motifs (C(OH)–C–C–N with tert-alkyl or cyclic N) is 1. The summed E-state index contributed by atoms with van der Waals surface area (Å²) in [5.41, 5.74) is -0.0859. The lowest BCUT2D eigenvalue weighted by atomic mass is 10.3. The van der Waals surface area contributed by atoms with E-state index in [-0.39, 0.29) is 12.1 Å². The highest BCUT2D eigenvalue weighted by atomic mass is 32.1. The lowest BCUT2D eigenvalue weighted by Gasteiger charge is -2.28. The molecule has 1 aliphatic rings. The van der Waals surface area contributed by atoms with Gasteiger partial charge < -0.3 is 9.84 Å². The number of nitrogens with zero attached hydrogens (tertiary/aromatic N) is 3. The molecule has 3 rings (SSSR count). The van der Waals surface area contributed by atoms with Crippen molar-refractivity contribution in [1.29, 1.82) is 0 Å². The second-order valence-corrected chi connectivity index (χ2v) is 5.80. The Morgan fingerprint density at radius 3 is 3.00 bits per heavy atom. The van der Waals surface area contributed by atoms with E-state index < -0.39 is 6.10 Å². The zero-order valence-electron chi connectivity index (χ0n) is 11.1. The van der Waals surface area contributed by atoms with Gasteiger partial charge in [0.15, 0.2) is 0 Å². The first kappa shape index (κ1) is 13.7. The fraction of sp³-hybridized carbons (Fsp3) is 0.538. The van der Waals surface area contributed by atoms with Crippen LogP contribution in [0.1, 0.15) is 0 Å². The first-order chi connectivity index (χ1) is 9.74. The number of aromatic nitrogens is 2. The summed E-state index contributed by atoms with van der Waals surface area (Å²) in [4.78, 5) is 19.3. The molecule has 1 aliphatic heterocycles. The number of fused-ring (bicyclic) bond motifs is 1. The largest absolute Gasteiger partial charge is 0.390 e. The molecule has 1 unspecified atom stereocenters. The van der Waals surface area contributed by atoms with Crippen molar-refractivity contribution in [2.75, 3.05) is 32.8 Å². The lowest BCUT2D eigenvalue weighted by Crippen LogP contribution is -2.42. The van der Waals surface area contributed by atoms with E-state index in [9.17, 15) is 9.90 Å². The van der Waals surface area contributed by atoms with Gasteiger partial charge in [0.05, 0.1) is 37.6 Å². The average molecular weight is 295 g/mol. The fourth-order valence-corrected chi connectivity index (χ4v) is 3.11. The van der Waals surface area contributed by atoms with E-state index in [4.69, 9.17) is 4.74 Å². The molecule has 0 amide bonds. The molecule has 108 valence electrons. The topological polar surface area (TPSA) is 67.6 Å². The zero-order valence-corrected chi connectivity index (χ0v) is 11.9. The normalized spacial score (nSPS) is 18.4. The molecule has 2 aromatic heterocycles. The molecule has 6 nitrogen and oxygen atoms in total. The predicted molar refractivity (Wildman–Crippen MR) is 77.1 cm³/mol. The van der Waals surface area contributed by atoms with E-state index in [2.05, 4.69) is 9.88 Å². The number of aliphatic hydroxyl groups is 1. The molecule has 7 heteroatoms. The van der Waals surface area contributed by atoms with Crippen molar-refractivity contribution in [3.05, 3.63) is 28.1 Å². The predicted octanol–water partition coefficient (Wildman–Crippen LogP) is 0.151. The number of hydrogen-bond acceptors (Lipinski definition) is 6. The highest BCUT2D eigenvalue weighted by molar-refractivity contribution is 7.16. The third-order valence-electron chi connectivity index (χ3n) is 3.43. The van der Waals surface area contributed by atoms with Gasteiger partial charge in [-0.2, -0.15) is 0 Å². The van der Waals surface area contributed by atoms with Crippen LogP contribution in [0.5, 0.6) is 0 Å². The Hall–Kier alpha value is -1.28. The Morgan fingerprint density at radius 2 is 2.20 bits per heavy atom. The van der Waals surface area contributed by atoms with Crippen molar-refractivity contribution in [3.63, 3.8) is 0 Å². The van der Waals surface area contributed by atoms with Gasteiger partial charge in [0, 0.05) is 19.6 Å². The monoisotopic (exact) mass is 295 g/mol. The Morgan fingerprint density at radius 1 is 1.40 bits per heavy atom. The maximum absolute atomic E-state index is 12.2. The molecule has 0 spiro atoms. The average Bonchev–Trinajstić information content (AvgIpc) is 2.92. The molecule has 1 saturated heterocycles. The molecule has 0 aliphatic carbocycles. The van der Waals surface area contributed by atoms with Gasteiger partial charge in [-0.25, -0.2) is 4.98 Å². The zero-order chi connectivity index (χ0) is 13.9. The van der Waals surface area contributed by atoms with Crippen LogP contribution in [-0.2, 0) is 11.3 Å². The molecule has 0 saturated carbocycles. The molecule has 3 heterocycles. The molecule has 0 aromatic carbocycles. The molecule has 20 heavy (non-hydrogen) atoms. The number of ether oxygens (including phenoxy) is 1. The number of morpholine rings is 1. The highest BCUT2D eigenvalue weighted by Crippen LogP contribution is 2.13. The second kappa shape index (κ2) is 6.01. The standard InChI is InChI=1S/C13H17N3O3S/c17-10(7-15-2-4-19-5-3-15)8-16-9-14-12-11(13(16)18)1-6-20-12/h1,6,9-10,17H,2-5,7-8H2. The number of hydrogen-bond donors (Lipinski definition) is 1. The quantitative estimate of drug-likeness (QED) is 0.870. The number of thiophene rings is 1. The Bertz CT molecular complexity index is 633. The molecule has 0 radical (unpaired) electrons. The minimum Gasteiger partial charge on any atom is -0.390 e. The SMILES string of the molecule is O=c1c2ccsc2ncn1CC(O)CN1CCOCC1. The molecule has 1 atom stereocenters. The highest BCUT2D eigenvalue weighted by Gasteiger charge is 2.16. The Balaban J connectivity index is 1.68. The van der Waals surface area contributed by atoms with E-state index >= 15 is 0 Å². The van der Waals surface area contributed by atoms with Gasteiger partial charge in [0.2, 0.25) is 0 Å². The van der Waals surface area contributed by atoms with Gasteiger partial charge in [-0.3, -0.25) is 14.3 Å². The van der Waals surface area contributed by atoms with E-state index in [1.807, 2.05) is 5.38 Å². The number of aliphatic hydroxyl groups excluding tert-OH is 1. The van der Waals surface area contributed by atoms with Crippen molar-refractivity contribution in [2.45, 2.75) is 12.6 Å². The van der Waals surface area contributed by atoms with Crippen molar-refractivity contribution >= 4 is 21.6 Å². The summed E-state index contributed by atoms with van der Waals surface area (Å²) < 4.78 is 6.76. The summed E-state index contributed by atoms with van der Waals surface area (Å²) >= 11 is 1.45. The van der Waals surface area contributed by atoms with Crippen molar-refractivity contribution in [2.24, 2.45) is 0 Å². The molecule has 2 aromatic rings. The van der Waals surface area contributed by atoms with Gasteiger partial charge >= 0.3 is 0 Å². The summed E-state index contributed by atoms with van der Waals surface area (Å²) in [7, 11) is 0. The summed E-state index contributed by atoms with van der Waals surface area (Å²) in [6.07, 6.45) is 0.938. The Labute approximate surface area is 120 Å². The van der Waals surface area contributed by atoms with Crippen molar-refractivity contribution in [1.82, 2.24) is 14.5 Å². The van der Waals surface area contributed by atoms with Crippen LogP contribution < -0.4 is 5.56 Å². The van der Waals surface area contributed by atoms with Crippen LogP contribution in [0.25, 0.3) is 10.2 Å². The van der Waals surface area contributed by atoms with Gasteiger partial charge in [-0.1, -0.05) is 0 Å². The number of rotatable bonds is 4. The summed E-state index contributed by atoms with van der Waals surface area (Å²) in [6, 6.07) is 1.78. The first-order valence-corrected chi connectivity index (χ1v) is 7.53. The van der Waals surface area contributed by atoms with Gasteiger partial charge in [0.1, 0.15) is 4.83 Å². The van der Waals surface area contributed by atoms with E-state index in [1.54, 1.807) is 6.07 Å². The van der Waals surface area contributed by atoms with Crippen LogP contribution in [0.2, 0.25) is 0 Å². The van der Waals surface area contributed by atoms with E-state index in [0.717, 1.165) is 17.9 Å². The Kier molecular flexibility index (Phi) is 4.11. The van der Waals surface area contributed by atoms with Crippen LogP contribution in [0.3, 0.4) is 0 Å². The second-order valence-electron chi connectivity index (χ2n) is 4.91. The maximum Gasteiger partial charge on any atom is 0.262 e. The van der Waals surface area contributed by atoms with Crippen molar-refractivity contribution < 1.29 is 9.84 Å². The smallest absolute Gasteiger partial charge is 0.262 e. The third-order valence-corrected chi connectivity index (χ3v) is 4.25.